The lowest BCUT2D eigenvalue weighted by atomic mass is 9.90. The average molecular weight is 483 g/mol. The molecule has 1 aliphatic heterocycles. The number of nitrogens with one attached hydrogen (secondary N) is 1. The molecule has 0 unspecified atom stereocenters. The lowest BCUT2D eigenvalue weighted by molar-refractivity contribution is -0.119. The van der Waals surface area contributed by atoms with Crippen molar-refractivity contribution in [2.45, 2.75) is 39.5 Å². The average Bonchev–Trinajstić information content (AvgIpc) is 2.89. The van der Waals surface area contributed by atoms with Gasteiger partial charge in [-0.1, -0.05) is 6.07 Å². The summed E-state index contributed by atoms with van der Waals surface area (Å²) < 4.78 is 22.5. The Bertz CT molecular complexity index is 1050. The molecule has 0 atom stereocenters. The van der Waals surface area contributed by atoms with Gasteiger partial charge in [-0.05, 0) is 62.8 Å². The zero-order valence-corrected chi connectivity index (χ0v) is 20.6. The Morgan fingerprint density at radius 3 is 2.40 bits per heavy atom. The molecule has 35 heavy (non-hydrogen) atoms. The topological polar surface area (TPSA) is 86.3 Å². The molecule has 8 heteroatoms. The molecule has 1 fully saturated rings. The lowest BCUT2D eigenvalue weighted by Gasteiger charge is -2.31. The number of hydrogen-bond acceptors (Lipinski definition) is 7. The van der Waals surface area contributed by atoms with E-state index in [4.69, 9.17) is 18.9 Å². The number of benzene rings is 2. The lowest BCUT2D eigenvalue weighted by Crippen LogP contribution is -2.36. The van der Waals surface area contributed by atoms with E-state index in [0.717, 1.165) is 38.0 Å². The van der Waals surface area contributed by atoms with Crippen molar-refractivity contribution in [3.63, 3.8) is 0 Å². The Morgan fingerprint density at radius 1 is 0.943 bits per heavy atom. The summed E-state index contributed by atoms with van der Waals surface area (Å²) in [6.07, 6.45) is 4.33. The highest BCUT2D eigenvalue weighted by atomic mass is 16.5. The van der Waals surface area contributed by atoms with Crippen LogP contribution in [0.3, 0.4) is 0 Å². The molecule has 1 saturated heterocycles. The fourth-order valence-corrected chi connectivity index (χ4v) is 4.51. The van der Waals surface area contributed by atoms with Crippen molar-refractivity contribution in [2.75, 3.05) is 56.3 Å². The third kappa shape index (κ3) is 6.25. The zero-order chi connectivity index (χ0) is 24.6. The van der Waals surface area contributed by atoms with Crippen LogP contribution in [-0.2, 0) is 27.1 Å². The molecule has 8 nitrogen and oxygen atoms in total. The first-order valence-corrected chi connectivity index (χ1v) is 12.4. The van der Waals surface area contributed by atoms with Crippen molar-refractivity contribution in [1.29, 1.82) is 0 Å². The second kappa shape index (κ2) is 11.9. The van der Waals surface area contributed by atoms with Gasteiger partial charge >= 0.3 is 5.97 Å². The third-order valence-electron chi connectivity index (χ3n) is 6.21. The second-order valence-electron chi connectivity index (χ2n) is 8.60. The highest BCUT2D eigenvalue weighted by Crippen LogP contribution is 2.39. The molecule has 2 aliphatic rings. The van der Waals surface area contributed by atoms with Crippen LogP contribution in [0.15, 0.2) is 30.3 Å². The number of ether oxygens (including phenoxy) is 4. The van der Waals surface area contributed by atoms with Crippen molar-refractivity contribution in [2.24, 2.45) is 0 Å². The maximum Gasteiger partial charge on any atom is 0.338 e. The molecular formula is C27H34N2O6. The summed E-state index contributed by atoms with van der Waals surface area (Å²) in [5, 5.41) is 2.82. The van der Waals surface area contributed by atoms with Gasteiger partial charge in [-0.25, -0.2) is 4.79 Å². The maximum absolute atomic E-state index is 12.7. The first kappa shape index (κ1) is 24.9. The van der Waals surface area contributed by atoms with Crippen molar-refractivity contribution in [1.82, 2.24) is 0 Å². The molecule has 0 spiro atoms. The third-order valence-corrected chi connectivity index (χ3v) is 6.21. The van der Waals surface area contributed by atoms with E-state index in [0.29, 0.717) is 49.2 Å². The Kier molecular flexibility index (Phi) is 8.47. The van der Waals surface area contributed by atoms with E-state index in [9.17, 15) is 9.59 Å². The van der Waals surface area contributed by atoms with E-state index in [1.807, 2.05) is 32.0 Å². The van der Waals surface area contributed by atoms with Gasteiger partial charge < -0.3 is 29.2 Å². The van der Waals surface area contributed by atoms with Gasteiger partial charge in [0.2, 0.25) is 0 Å². The van der Waals surface area contributed by atoms with E-state index < -0.39 is 18.5 Å². The van der Waals surface area contributed by atoms with Crippen LogP contribution in [0.4, 0.5) is 11.4 Å². The minimum Gasteiger partial charge on any atom is -0.492 e. The van der Waals surface area contributed by atoms with Crippen molar-refractivity contribution in [3.05, 3.63) is 47.0 Å². The quantitative estimate of drug-likeness (QED) is 0.541. The van der Waals surface area contributed by atoms with Gasteiger partial charge in [0, 0.05) is 25.2 Å². The van der Waals surface area contributed by atoms with Gasteiger partial charge in [0.25, 0.3) is 5.91 Å². The SMILES string of the molecule is CCOc1cc(N2CCOCC2)c(OCC)cc1NC(=O)COC(=O)c1ccc2c(c1)CCCC2. The molecule has 1 amide bonds. The number of morpholine rings is 1. The Labute approximate surface area is 206 Å². The summed E-state index contributed by atoms with van der Waals surface area (Å²) in [6, 6.07) is 9.30. The van der Waals surface area contributed by atoms with E-state index in [-0.39, 0.29) is 0 Å². The number of amides is 1. The number of hydrogen-bond donors (Lipinski definition) is 1. The summed E-state index contributed by atoms with van der Waals surface area (Å²) in [7, 11) is 0. The van der Waals surface area contributed by atoms with Crippen LogP contribution in [0, 0.1) is 0 Å². The number of rotatable bonds is 9. The van der Waals surface area contributed by atoms with Crippen molar-refractivity contribution < 1.29 is 28.5 Å². The number of esters is 1. The normalized spacial score (nSPS) is 15.2. The number of carbonyl (C=O) groups is 2. The summed E-state index contributed by atoms with van der Waals surface area (Å²) in [5.74, 6) is 0.237. The van der Waals surface area contributed by atoms with Crippen LogP contribution in [0.5, 0.6) is 11.5 Å². The highest BCUT2D eigenvalue weighted by Gasteiger charge is 2.21. The molecule has 1 heterocycles. The van der Waals surface area contributed by atoms with E-state index in [1.54, 1.807) is 12.1 Å². The van der Waals surface area contributed by atoms with Crippen LogP contribution in [-0.4, -0.2) is 58.0 Å². The van der Waals surface area contributed by atoms with Crippen LogP contribution < -0.4 is 19.7 Å². The highest BCUT2D eigenvalue weighted by molar-refractivity contribution is 5.97. The largest absolute Gasteiger partial charge is 0.492 e. The van der Waals surface area contributed by atoms with Crippen LogP contribution in [0.2, 0.25) is 0 Å². The predicted octanol–water partition coefficient (Wildman–Crippen LogP) is 3.99. The summed E-state index contributed by atoms with van der Waals surface area (Å²) in [5.41, 5.74) is 4.33. The molecule has 0 aromatic heterocycles. The van der Waals surface area contributed by atoms with Crippen LogP contribution >= 0.6 is 0 Å². The van der Waals surface area contributed by atoms with Crippen molar-refractivity contribution in [3.8, 4) is 11.5 Å². The van der Waals surface area contributed by atoms with Gasteiger partial charge in [0.05, 0.1) is 43.4 Å². The molecular weight excluding hydrogens is 448 g/mol. The smallest absolute Gasteiger partial charge is 0.338 e. The molecule has 0 saturated carbocycles. The standard InChI is InChI=1S/C27H34N2O6/c1-3-33-24-17-23(29-11-13-32-14-12-29)25(34-4-2)16-22(24)28-26(30)18-35-27(31)21-10-9-19-7-5-6-8-20(19)15-21/h9-10,15-17H,3-8,11-14,18H2,1-2H3,(H,28,30). The van der Waals surface area contributed by atoms with Gasteiger partial charge in [0.15, 0.2) is 6.61 Å². The number of fused-ring (bicyclic) bond motifs is 1. The first-order chi connectivity index (χ1) is 17.1. The summed E-state index contributed by atoms with van der Waals surface area (Å²) >= 11 is 0. The van der Waals surface area contributed by atoms with Crippen LogP contribution in [0.1, 0.15) is 48.2 Å². The molecule has 1 N–H and O–H groups in total. The Morgan fingerprint density at radius 2 is 1.66 bits per heavy atom. The number of carbonyl (C=O) groups excluding carboxylic acids is 2. The fourth-order valence-electron chi connectivity index (χ4n) is 4.51. The maximum atomic E-state index is 12.7. The number of nitrogens with zero attached hydrogens (tertiary/aromatic N) is 1. The molecule has 0 bridgehead atoms. The molecule has 2 aromatic rings. The van der Waals surface area contributed by atoms with Crippen molar-refractivity contribution >= 4 is 23.3 Å². The minimum atomic E-state index is -0.503. The van der Waals surface area contributed by atoms with E-state index in [2.05, 4.69) is 10.2 Å². The Hall–Kier alpha value is -3.26. The zero-order valence-electron chi connectivity index (χ0n) is 20.6. The first-order valence-electron chi connectivity index (χ1n) is 12.4. The summed E-state index contributed by atoms with van der Waals surface area (Å²) in [4.78, 5) is 27.4. The fraction of sp³-hybridized carbons (Fsp3) is 0.481. The summed E-state index contributed by atoms with van der Waals surface area (Å²) in [6.45, 7) is 7.11. The predicted molar refractivity (Wildman–Crippen MR) is 134 cm³/mol. The number of aryl methyl sites for hydroxylation is 2. The Balaban J connectivity index is 1.44. The van der Waals surface area contributed by atoms with Gasteiger partial charge in [0.1, 0.15) is 11.5 Å². The number of anilines is 2. The molecule has 188 valence electrons. The molecule has 0 radical (unpaired) electrons. The monoisotopic (exact) mass is 482 g/mol. The van der Waals surface area contributed by atoms with Gasteiger partial charge in [-0.15, -0.1) is 0 Å². The minimum absolute atomic E-state index is 0.392. The molecule has 1 aliphatic carbocycles. The van der Waals surface area contributed by atoms with Gasteiger partial charge in [-0.3, -0.25) is 4.79 Å². The second-order valence-corrected chi connectivity index (χ2v) is 8.60. The molecule has 4 rings (SSSR count). The van der Waals surface area contributed by atoms with E-state index >= 15 is 0 Å². The van der Waals surface area contributed by atoms with Crippen LogP contribution in [0.25, 0.3) is 0 Å². The van der Waals surface area contributed by atoms with E-state index in [1.165, 1.54) is 17.5 Å². The van der Waals surface area contributed by atoms with Gasteiger partial charge in [-0.2, -0.15) is 0 Å². The molecule has 2 aromatic carbocycles.